The highest BCUT2D eigenvalue weighted by atomic mass is 32.1. The Kier molecular flexibility index (Phi) is 3.33. The summed E-state index contributed by atoms with van der Waals surface area (Å²) < 4.78 is 0. The van der Waals surface area contributed by atoms with Crippen molar-refractivity contribution in [2.24, 2.45) is 5.84 Å². The number of hydrazine groups is 1. The van der Waals surface area contributed by atoms with E-state index in [4.69, 9.17) is 5.84 Å². The lowest BCUT2D eigenvalue weighted by atomic mass is 10.3. The minimum atomic E-state index is 0.447. The summed E-state index contributed by atoms with van der Waals surface area (Å²) in [7, 11) is 2.03. The summed E-state index contributed by atoms with van der Waals surface area (Å²) in [5.74, 6) is 6.77. The molecule has 0 aliphatic carbocycles. The summed E-state index contributed by atoms with van der Waals surface area (Å²) in [6.07, 6.45) is 0. The van der Waals surface area contributed by atoms with Gasteiger partial charge in [0.05, 0.1) is 11.9 Å². The zero-order chi connectivity index (χ0) is 13.2. The number of nitrogens with zero attached hydrogens (tertiary/aromatic N) is 3. The van der Waals surface area contributed by atoms with Gasteiger partial charge in [0.15, 0.2) is 0 Å². The molecule has 3 heterocycles. The molecule has 0 bridgehead atoms. The number of hydrogen-bond acceptors (Lipinski definition) is 7. The van der Waals surface area contributed by atoms with Gasteiger partial charge in [0.1, 0.15) is 10.6 Å². The van der Waals surface area contributed by atoms with Gasteiger partial charge in [0, 0.05) is 11.9 Å². The first-order valence-corrected chi connectivity index (χ1v) is 7.49. The van der Waals surface area contributed by atoms with Crippen LogP contribution >= 0.6 is 22.7 Å². The molecule has 0 aliphatic rings. The van der Waals surface area contributed by atoms with Gasteiger partial charge in [-0.1, -0.05) is 6.07 Å². The van der Waals surface area contributed by atoms with Gasteiger partial charge >= 0.3 is 0 Å². The number of nitrogens with two attached hydrogens (primary N) is 1. The second kappa shape index (κ2) is 5.12. The molecule has 3 aromatic heterocycles. The molecule has 0 saturated heterocycles. The van der Waals surface area contributed by atoms with Crippen LogP contribution in [-0.4, -0.2) is 17.0 Å². The van der Waals surface area contributed by atoms with Crippen molar-refractivity contribution in [1.29, 1.82) is 0 Å². The summed E-state index contributed by atoms with van der Waals surface area (Å²) in [4.78, 5) is 13.2. The Morgan fingerprint density at radius 1 is 1.26 bits per heavy atom. The van der Waals surface area contributed by atoms with Crippen LogP contribution < -0.4 is 16.2 Å². The SMILES string of the molecule is CN(Cc1cccs1)c1nc(NN)nc2sccc12. The molecule has 0 spiro atoms. The predicted octanol–water partition coefficient (Wildman–Crippen LogP) is 2.67. The molecule has 0 unspecified atom stereocenters. The maximum Gasteiger partial charge on any atom is 0.240 e. The van der Waals surface area contributed by atoms with E-state index < -0.39 is 0 Å². The highest BCUT2D eigenvalue weighted by Crippen LogP contribution is 2.29. The van der Waals surface area contributed by atoms with Crippen LogP contribution in [0.4, 0.5) is 11.8 Å². The maximum absolute atomic E-state index is 5.43. The van der Waals surface area contributed by atoms with E-state index in [-0.39, 0.29) is 0 Å². The molecule has 3 rings (SSSR count). The van der Waals surface area contributed by atoms with Crippen molar-refractivity contribution in [2.45, 2.75) is 6.54 Å². The fourth-order valence-electron chi connectivity index (χ4n) is 1.91. The summed E-state index contributed by atoms with van der Waals surface area (Å²) in [5.41, 5.74) is 2.52. The van der Waals surface area contributed by atoms with Crippen molar-refractivity contribution in [2.75, 3.05) is 17.4 Å². The van der Waals surface area contributed by atoms with Gasteiger partial charge < -0.3 is 4.90 Å². The number of rotatable bonds is 4. The lowest BCUT2D eigenvalue weighted by Crippen LogP contribution is -2.19. The molecule has 0 amide bonds. The van der Waals surface area contributed by atoms with Crippen molar-refractivity contribution in [3.8, 4) is 0 Å². The third kappa shape index (κ3) is 2.40. The van der Waals surface area contributed by atoms with E-state index in [1.165, 1.54) is 4.88 Å². The fourth-order valence-corrected chi connectivity index (χ4v) is 3.42. The van der Waals surface area contributed by atoms with E-state index in [2.05, 4.69) is 37.8 Å². The van der Waals surface area contributed by atoms with Crippen LogP contribution in [-0.2, 0) is 6.54 Å². The molecule has 98 valence electrons. The summed E-state index contributed by atoms with van der Waals surface area (Å²) in [6, 6.07) is 6.22. The molecule has 0 saturated carbocycles. The number of fused-ring (bicyclic) bond motifs is 1. The van der Waals surface area contributed by atoms with Crippen LogP contribution in [0.15, 0.2) is 29.0 Å². The molecule has 0 radical (unpaired) electrons. The lowest BCUT2D eigenvalue weighted by molar-refractivity contribution is 0.915. The van der Waals surface area contributed by atoms with Crippen LogP contribution in [0.5, 0.6) is 0 Å². The third-order valence-corrected chi connectivity index (χ3v) is 4.44. The molecule has 7 heteroatoms. The van der Waals surface area contributed by atoms with Gasteiger partial charge in [-0.15, -0.1) is 22.7 Å². The first-order chi connectivity index (χ1) is 9.28. The van der Waals surface area contributed by atoms with Crippen molar-refractivity contribution in [1.82, 2.24) is 9.97 Å². The van der Waals surface area contributed by atoms with Crippen LogP contribution in [0.3, 0.4) is 0 Å². The molecule has 0 aromatic carbocycles. The average Bonchev–Trinajstić information content (AvgIpc) is 3.07. The highest BCUT2D eigenvalue weighted by molar-refractivity contribution is 7.16. The Labute approximate surface area is 118 Å². The van der Waals surface area contributed by atoms with Crippen molar-refractivity contribution >= 4 is 44.7 Å². The van der Waals surface area contributed by atoms with Crippen LogP contribution in [0, 0.1) is 0 Å². The molecule has 19 heavy (non-hydrogen) atoms. The summed E-state index contributed by atoms with van der Waals surface area (Å²) in [6.45, 7) is 0.823. The van der Waals surface area contributed by atoms with Crippen LogP contribution in [0.1, 0.15) is 4.88 Å². The van der Waals surface area contributed by atoms with E-state index in [9.17, 15) is 0 Å². The third-order valence-electron chi connectivity index (χ3n) is 2.77. The number of hydrogen-bond donors (Lipinski definition) is 2. The minimum absolute atomic E-state index is 0.447. The predicted molar refractivity (Wildman–Crippen MR) is 81.7 cm³/mol. The van der Waals surface area contributed by atoms with E-state index in [1.54, 1.807) is 22.7 Å². The largest absolute Gasteiger partial charge is 0.354 e. The van der Waals surface area contributed by atoms with Gasteiger partial charge in [-0.25, -0.2) is 10.8 Å². The standard InChI is InChI=1S/C12H13N5S2/c1-17(7-8-3-2-5-18-8)10-9-4-6-19-11(9)15-12(14-10)16-13/h2-6H,7,13H2,1H3,(H,14,15,16). The van der Waals surface area contributed by atoms with Gasteiger partial charge in [-0.05, 0) is 22.9 Å². The molecular formula is C12H13N5S2. The smallest absolute Gasteiger partial charge is 0.240 e. The molecular weight excluding hydrogens is 278 g/mol. The molecule has 0 fully saturated rings. The highest BCUT2D eigenvalue weighted by Gasteiger charge is 2.12. The van der Waals surface area contributed by atoms with Crippen molar-refractivity contribution in [3.63, 3.8) is 0 Å². The molecule has 5 nitrogen and oxygen atoms in total. The topological polar surface area (TPSA) is 67.1 Å². The number of nitrogens with one attached hydrogen (secondary N) is 1. The average molecular weight is 291 g/mol. The summed E-state index contributed by atoms with van der Waals surface area (Å²) >= 11 is 3.33. The lowest BCUT2D eigenvalue weighted by Gasteiger charge is -2.18. The summed E-state index contributed by atoms with van der Waals surface area (Å²) in [5, 5.41) is 5.15. The van der Waals surface area contributed by atoms with Crippen molar-refractivity contribution in [3.05, 3.63) is 33.8 Å². The van der Waals surface area contributed by atoms with Gasteiger partial charge in [-0.2, -0.15) is 4.98 Å². The maximum atomic E-state index is 5.43. The Hall–Kier alpha value is -1.70. The Morgan fingerprint density at radius 2 is 2.16 bits per heavy atom. The van der Waals surface area contributed by atoms with Crippen molar-refractivity contribution < 1.29 is 0 Å². The van der Waals surface area contributed by atoms with Gasteiger partial charge in [0.25, 0.3) is 0 Å². The Morgan fingerprint density at radius 3 is 2.89 bits per heavy atom. The second-order valence-corrected chi connectivity index (χ2v) is 6.02. The van der Waals surface area contributed by atoms with E-state index in [0.29, 0.717) is 5.95 Å². The van der Waals surface area contributed by atoms with Crippen LogP contribution in [0.2, 0.25) is 0 Å². The first-order valence-electron chi connectivity index (χ1n) is 5.73. The molecule has 3 N–H and O–H groups in total. The second-order valence-electron chi connectivity index (χ2n) is 4.09. The monoisotopic (exact) mass is 291 g/mol. The van der Waals surface area contributed by atoms with E-state index in [1.807, 2.05) is 18.5 Å². The molecule has 3 aromatic rings. The first kappa shape index (κ1) is 12.3. The number of nitrogen functional groups attached to an aromatic ring is 1. The molecule has 0 aliphatic heterocycles. The Bertz CT molecular complexity index is 677. The number of anilines is 2. The zero-order valence-corrected chi connectivity index (χ0v) is 12.0. The van der Waals surface area contributed by atoms with Crippen LogP contribution in [0.25, 0.3) is 10.2 Å². The van der Waals surface area contributed by atoms with Gasteiger partial charge in [-0.3, -0.25) is 5.43 Å². The Balaban J connectivity index is 2.00. The minimum Gasteiger partial charge on any atom is -0.354 e. The fraction of sp³-hybridized carbons (Fsp3) is 0.167. The van der Waals surface area contributed by atoms with E-state index in [0.717, 1.165) is 22.6 Å². The van der Waals surface area contributed by atoms with Gasteiger partial charge in [0.2, 0.25) is 5.95 Å². The number of thiophene rings is 2. The molecule has 0 atom stereocenters. The zero-order valence-electron chi connectivity index (χ0n) is 10.3. The quantitative estimate of drug-likeness (QED) is 0.571. The normalized spacial score (nSPS) is 10.8. The van der Waals surface area contributed by atoms with E-state index >= 15 is 0 Å². The number of aromatic nitrogens is 2.